The summed E-state index contributed by atoms with van der Waals surface area (Å²) in [6, 6.07) is 20.5. The van der Waals surface area contributed by atoms with Crippen molar-refractivity contribution in [3.05, 3.63) is 110 Å². The van der Waals surface area contributed by atoms with Gasteiger partial charge in [0.2, 0.25) is 11.8 Å². The van der Waals surface area contributed by atoms with Crippen molar-refractivity contribution in [3.63, 3.8) is 0 Å². The number of ether oxygens (including phenoxy) is 1. The van der Waals surface area contributed by atoms with E-state index in [1.165, 1.54) is 29.0 Å². The Kier molecular flexibility index (Phi) is 6.58. The number of nitrogens with one attached hydrogen (secondary N) is 1. The van der Waals surface area contributed by atoms with E-state index in [0.717, 1.165) is 38.1 Å². The fourth-order valence-corrected chi connectivity index (χ4v) is 11.0. The molecule has 1 aromatic heterocycles. The quantitative estimate of drug-likeness (QED) is 0.236. The molecular weight excluding hydrogens is 622 g/mol. The van der Waals surface area contributed by atoms with E-state index in [-0.39, 0.29) is 39.5 Å². The number of anilines is 1. The molecule has 4 aromatic rings. The molecule has 1 saturated heterocycles. The zero-order valence-corrected chi connectivity index (χ0v) is 25.5. The van der Waals surface area contributed by atoms with Gasteiger partial charge < -0.3 is 9.72 Å². The highest BCUT2D eigenvalue weighted by Gasteiger charge is 2.69. The molecule has 5 unspecified atom stereocenters. The lowest BCUT2D eigenvalue weighted by Crippen LogP contribution is -2.42. The molecule has 0 radical (unpaired) electrons. The van der Waals surface area contributed by atoms with Crippen molar-refractivity contribution in [2.24, 2.45) is 29.6 Å². The average molecular weight is 649 g/mol. The van der Waals surface area contributed by atoms with E-state index in [2.05, 4.69) is 4.98 Å². The van der Waals surface area contributed by atoms with Crippen LogP contribution >= 0.6 is 23.1 Å². The minimum atomic E-state index is -4.59. The Morgan fingerprint density at radius 2 is 1.64 bits per heavy atom. The Bertz CT molecular complexity index is 1880. The van der Waals surface area contributed by atoms with Gasteiger partial charge in [0.05, 0.1) is 28.1 Å². The molecule has 3 aromatic carbocycles. The number of H-pyrrole nitrogens is 1. The van der Waals surface area contributed by atoms with Crippen molar-refractivity contribution in [3.8, 4) is 5.75 Å². The number of aromatic nitrogens is 1. The van der Waals surface area contributed by atoms with E-state index >= 15 is 0 Å². The Balaban J connectivity index is 1.11. The van der Waals surface area contributed by atoms with Gasteiger partial charge in [0, 0.05) is 16.0 Å². The molecule has 0 spiro atoms. The molecule has 45 heavy (non-hydrogen) atoms. The van der Waals surface area contributed by atoms with Crippen LogP contribution in [-0.2, 0) is 22.4 Å². The van der Waals surface area contributed by atoms with Crippen LogP contribution in [0.1, 0.15) is 39.5 Å². The molecule has 230 valence electrons. The van der Waals surface area contributed by atoms with Crippen molar-refractivity contribution in [1.82, 2.24) is 4.98 Å². The summed E-state index contributed by atoms with van der Waals surface area (Å²) >= 11 is 2.75. The molecule has 4 aliphatic rings. The lowest BCUT2D eigenvalue weighted by Gasteiger charge is -2.43. The molecule has 6 nitrogen and oxygen atoms in total. The zero-order chi connectivity index (χ0) is 31.2. The number of nitrogens with zero attached hydrogens (tertiary/aromatic N) is 1. The van der Waals surface area contributed by atoms with Gasteiger partial charge in [-0.15, -0.1) is 11.8 Å². The highest BCUT2D eigenvalue weighted by atomic mass is 32.2. The van der Waals surface area contributed by atoms with Crippen LogP contribution in [0, 0.1) is 36.5 Å². The van der Waals surface area contributed by atoms with Gasteiger partial charge >= 0.3 is 11.0 Å². The number of amides is 2. The standard InChI is InChI=1S/C34H27F3N2O4S2/c1-16-5-7-17(8-6-16)15-43-21-11-9-18(10-12-21)24-25-22-14-23(28(25)44-30-29(24)45-33(42)38-30)27-26(22)31(40)39(32(27)41)20-4-2-3-19(13-20)34(35,36)37/h2-13,22-28H,14-15H2,1H3,(H,38,42)/t22-,23-,24?,25?,26?,27?,28?/m1/s1. The van der Waals surface area contributed by atoms with Crippen LogP contribution in [-0.4, -0.2) is 22.0 Å². The molecular formula is C34H27F3N2O4S2. The van der Waals surface area contributed by atoms with Crippen molar-refractivity contribution >= 4 is 40.6 Å². The summed E-state index contributed by atoms with van der Waals surface area (Å²) in [6.07, 6.45) is -3.90. The van der Waals surface area contributed by atoms with Crippen LogP contribution in [0.5, 0.6) is 5.75 Å². The Morgan fingerprint density at radius 3 is 2.36 bits per heavy atom. The summed E-state index contributed by atoms with van der Waals surface area (Å²) in [4.78, 5) is 45.0. The SMILES string of the molecule is Cc1ccc(COc2ccc(C3c4sc(=O)[nH]c4SC4C3[C@H]3C[C@@H]4C4C(=O)N(c5cccc(C(F)(F)F)c5)C(=O)C43)cc2)cc1. The molecule has 3 heterocycles. The smallest absolute Gasteiger partial charge is 0.416 e. The minimum absolute atomic E-state index is 0.0160. The summed E-state index contributed by atoms with van der Waals surface area (Å²) < 4.78 is 46.5. The van der Waals surface area contributed by atoms with Gasteiger partial charge in [0.15, 0.2) is 0 Å². The molecule has 7 atom stereocenters. The summed E-state index contributed by atoms with van der Waals surface area (Å²) in [5.41, 5.74) is 2.30. The highest BCUT2D eigenvalue weighted by Crippen LogP contribution is 2.68. The topological polar surface area (TPSA) is 79.5 Å². The van der Waals surface area contributed by atoms with Crippen LogP contribution in [0.2, 0.25) is 0 Å². The van der Waals surface area contributed by atoms with E-state index in [9.17, 15) is 27.6 Å². The fraction of sp³-hybridized carbons (Fsp3) is 0.324. The normalized spacial score (nSPS) is 28.3. The van der Waals surface area contributed by atoms with Crippen molar-refractivity contribution in [2.45, 2.75) is 42.3 Å². The largest absolute Gasteiger partial charge is 0.489 e. The van der Waals surface area contributed by atoms with Crippen LogP contribution in [0.15, 0.2) is 82.6 Å². The monoisotopic (exact) mass is 648 g/mol. The molecule has 2 aliphatic carbocycles. The summed E-state index contributed by atoms with van der Waals surface area (Å²) in [6.45, 7) is 2.46. The van der Waals surface area contributed by atoms with Gasteiger partial charge in [-0.25, -0.2) is 0 Å². The van der Waals surface area contributed by atoms with Crippen molar-refractivity contribution in [1.29, 1.82) is 0 Å². The second kappa shape index (κ2) is 10.3. The maximum atomic E-state index is 13.9. The molecule has 2 saturated carbocycles. The number of hydrogen-bond acceptors (Lipinski definition) is 6. The lowest BCUT2D eigenvalue weighted by molar-refractivity contribution is -0.137. The number of imide groups is 1. The molecule has 8 rings (SSSR count). The number of aryl methyl sites for hydroxylation is 1. The van der Waals surface area contributed by atoms with Gasteiger partial charge in [-0.1, -0.05) is 59.4 Å². The number of rotatable bonds is 5. The summed E-state index contributed by atoms with van der Waals surface area (Å²) in [5, 5.41) is 0.779. The average Bonchev–Trinajstić information content (AvgIpc) is 3.75. The predicted octanol–water partition coefficient (Wildman–Crippen LogP) is 7.02. The number of fused-ring (bicyclic) bond motifs is 9. The van der Waals surface area contributed by atoms with E-state index in [4.69, 9.17) is 4.74 Å². The maximum absolute atomic E-state index is 13.9. The maximum Gasteiger partial charge on any atom is 0.416 e. The summed E-state index contributed by atoms with van der Waals surface area (Å²) in [5.74, 6) is -1.77. The second-order valence-corrected chi connectivity index (χ2v) is 14.6. The number of carbonyl (C=O) groups is 2. The number of benzene rings is 3. The molecule has 11 heteroatoms. The highest BCUT2D eigenvalue weighted by molar-refractivity contribution is 8.00. The van der Waals surface area contributed by atoms with Crippen molar-refractivity contribution < 1.29 is 27.5 Å². The van der Waals surface area contributed by atoms with Crippen LogP contribution < -0.4 is 14.5 Å². The Morgan fingerprint density at radius 1 is 0.933 bits per heavy atom. The fourth-order valence-electron chi connectivity index (χ4n) is 8.09. The molecule has 2 aliphatic heterocycles. The molecule has 2 amide bonds. The number of halogens is 3. The van der Waals surface area contributed by atoms with Crippen LogP contribution in [0.3, 0.4) is 0 Å². The van der Waals surface area contributed by atoms with Gasteiger partial charge in [-0.3, -0.25) is 19.3 Å². The van der Waals surface area contributed by atoms with Gasteiger partial charge in [0.1, 0.15) is 12.4 Å². The van der Waals surface area contributed by atoms with Gasteiger partial charge in [0.25, 0.3) is 0 Å². The van der Waals surface area contributed by atoms with Gasteiger partial charge in [-0.05, 0) is 72.6 Å². The lowest BCUT2D eigenvalue weighted by atomic mass is 9.68. The third-order valence-corrected chi connectivity index (χ3v) is 12.5. The number of hydrogen-bond donors (Lipinski definition) is 1. The minimum Gasteiger partial charge on any atom is -0.489 e. The number of thiazole rings is 1. The van der Waals surface area contributed by atoms with E-state index < -0.39 is 35.4 Å². The second-order valence-electron chi connectivity index (χ2n) is 12.4. The first-order valence-electron chi connectivity index (χ1n) is 14.8. The van der Waals surface area contributed by atoms with Crippen LogP contribution in [0.25, 0.3) is 0 Å². The predicted molar refractivity (Wildman–Crippen MR) is 164 cm³/mol. The first-order valence-corrected chi connectivity index (χ1v) is 16.5. The molecule has 1 N–H and O–H groups in total. The molecule has 2 bridgehead atoms. The van der Waals surface area contributed by atoms with E-state index in [1.54, 1.807) is 11.8 Å². The van der Waals surface area contributed by atoms with E-state index in [0.29, 0.717) is 18.8 Å². The van der Waals surface area contributed by atoms with Crippen LogP contribution in [0.4, 0.5) is 18.9 Å². The van der Waals surface area contributed by atoms with Crippen molar-refractivity contribution in [2.75, 3.05) is 4.90 Å². The first kappa shape index (κ1) is 28.6. The number of alkyl halides is 3. The third kappa shape index (κ3) is 4.57. The zero-order valence-electron chi connectivity index (χ0n) is 23.9. The third-order valence-electron chi connectivity index (χ3n) is 9.92. The molecule has 3 fully saturated rings. The number of thioether (sulfide) groups is 1. The number of carbonyl (C=O) groups excluding carboxylic acids is 2. The van der Waals surface area contributed by atoms with Gasteiger partial charge in [-0.2, -0.15) is 13.2 Å². The number of aromatic amines is 1. The summed E-state index contributed by atoms with van der Waals surface area (Å²) in [7, 11) is 0. The first-order chi connectivity index (χ1) is 21.6. The Hall–Kier alpha value is -3.83. The Labute approximate surface area is 264 Å². The van der Waals surface area contributed by atoms with E-state index in [1.807, 2.05) is 55.5 Å².